The van der Waals surface area contributed by atoms with Crippen molar-refractivity contribution in [3.8, 4) is 0 Å². The van der Waals surface area contributed by atoms with Gasteiger partial charge in [-0.05, 0) is 12.8 Å². The quantitative estimate of drug-likeness (QED) is 0.817. The number of carboxylic acid groups (broad SMARTS) is 1. The number of alkyl halides is 3. The number of hydrogen-bond acceptors (Lipinski definition) is 3. The first-order chi connectivity index (χ1) is 9.05. The highest BCUT2D eigenvalue weighted by Crippen LogP contribution is 2.34. The first kappa shape index (κ1) is 17.2. The van der Waals surface area contributed by atoms with E-state index in [0.29, 0.717) is 0 Å². The predicted molar refractivity (Wildman–Crippen MR) is 64.2 cm³/mol. The van der Waals surface area contributed by atoms with E-state index in [4.69, 9.17) is 5.11 Å². The average molecular weight is 318 g/mol. The first-order valence-corrected chi connectivity index (χ1v) is 7.44. The zero-order valence-electron chi connectivity index (χ0n) is 10.9. The van der Waals surface area contributed by atoms with Crippen LogP contribution in [0.5, 0.6) is 0 Å². The van der Waals surface area contributed by atoms with Gasteiger partial charge in [0.05, 0.1) is 12.3 Å². The summed E-state index contributed by atoms with van der Waals surface area (Å²) < 4.78 is 63.6. The molecule has 1 aliphatic rings. The maximum atomic E-state index is 12.6. The molecule has 6 nitrogen and oxygen atoms in total. The molecule has 0 aliphatic carbocycles. The van der Waals surface area contributed by atoms with Crippen molar-refractivity contribution in [2.75, 3.05) is 26.7 Å². The van der Waals surface area contributed by atoms with Gasteiger partial charge in [-0.3, -0.25) is 4.79 Å². The molecule has 0 radical (unpaired) electrons. The van der Waals surface area contributed by atoms with Crippen LogP contribution in [0.4, 0.5) is 13.2 Å². The molecule has 118 valence electrons. The maximum absolute atomic E-state index is 12.6. The van der Waals surface area contributed by atoms with Crippen LogP contribution < -0.4 is 0 Å². The van der Waals surface area contributed by atoms with Gasteiger partial charge in [0.25, 0.3) is 10.2 Å². The molecule has 0 aromatic carbocycles. The zero-order valence-corrected chi connectivity index (χ0v) is 11.7. The van der Waals surface area contributed by atoms with E-state index in [1.54, 1.807) is 0 Å². The molecule has 10 heteroatoms. The molecule has 0 saturated carbocycles. The van der Waals surface area contributed by atoms with Gasteiger partial charge in [0.2, 0.25) is 0 Å². The third kappa shape index (κ3) is 4.32. The SMILES string of the molecule is CN(CCC(=O)O)S(=O)(=O)N1CCCC(C(F)(F)F)C1. The summed E-state index contributed by atoms with van der Waals surface area (Å²) in [6.45, 7) is -0.861. The Morgan fingerprint density at radius 3 is 2.55 bits per heavy atom. The third-order valence-electron chi connectivity index (χ3n) is 3.21. The van der Waals surface area contributed by atoms with Gasteiger partial charge in [0, 0.05) is 26.7 Å². The number of carbonyl (C=O) groups is 1. The molecule has 1 unspecified atom stereocenters. The molecular formula is C10H17F3N2O4S. The molecule has 1 rings (SSSR count). The van der Waals surface area contributed by atoms with Crippen LogP contribution in [0.3, 0.4) is 0 Å². The lowest BCUT2D eigenvalue weighted by Gasteiger charge is -2.35. The van der Waals surface area contributed by atoms with Gasteiger partial charge in [-0.1, -0.05) is 0 Å². The second-order valence-corrected chi connectivity index (χ2v) is 6.75. The summed E-state index contributed by atoms with van der Waals surface area (Å²) in [5, 5.41) is 8.50. The Morgan fingerprint density at radius 2 is 2.05 bits per heavy atom. The van der Waals surface area contributed by atoms with Gasteiger partial charge in [-0.2, -0.15) is 30.2 Å². The Balaban J connectivity index is 2.74. The second kappa shape index (κ2) is 6.27. The summed E-state index contributed by atoms with van der Waals surface area (Å²) in [7, 11) is -2.89. The topological polar surface area (TPSA) is 77.9 Å². The Bertz CT molecular complexity index is 452. The largest absolute Gasteiger partial charge is 0.481 e. The number of rotatable bonds is 5. The number of aliphatic carboxylic acids is 1. The molecule has 0 aromatic heterocycles. The molecule has 1 atom stereocenters. The Hall–Kier alpha value is -0.870. The highest BCUT2D eigenvalue weighted by molar-refractivity contribution is 7.86. The van der Waals surface area contributed by atoms with Crippen LogP contribution in [0.15, 0.2) is 0 Å². The average Bonchev–Trinajstić information content (AvgIpc) is 2.34. The van der Waals surface area contributed by atoms with Gasteiger partial charge in [0.1, 0.15) is 0 Å². The number of carboxylic acids is 1. The minimum absolute atomic E-state index is 0.0202. The van der Waals surface area contributed by atoms with Crippen LogP contribution in [0.25, 0.3) is 0 Å². The van der Waals surface area contributed by atoms with Gasteiger partial charge in [-0.25, -0.2) is 0 Å². The summed E-state index contributed by atoms with van der Waals surface area (Å²) in [6, 6.07) is 0. The van der Waals surface area contributed by atoms with E-state index in [2.05, 4.69) is 0 Å². The third-order valence-corrected chi connectivity index (χ3v) is 5.16. The van der Waals surface area contributed by atoms with Gasteiger partial charge < -0.3 is 5.11 Å². The summed E-state index contributed by atoms with van der Waals surface area (Å²) in [5.41, 5.74) is 0. The van der Waals surface area contributed by atoms with E-state index in [1.807, 2.05) is 0 Å². The lowest BCUT2D eigenvalue weighted by Crippen LogP contribution is -2.49. The molecule has 20 heavy (non-hydrogen) atoms. The highest BCUT2D eigenvalue weighted by atomic mass is 32.2. The van der Waals surface area contributed by atoms with Gasteiger partial charge in [0.15, 0.2) is 0 Å². The summed E-state index contributed by atoms with van der Waals surface area (Å²) >= 11 is 0. The molecule has 1 N–H and O–H groups in total. The van der Waals surface area contributed by atoms with Crippen molar-refractivity contribution < 1.29 is 31.5 Å². The van der Waals surface area contributed by atoms with E-state index < -0.39 is 41.2 Å². The van der Waals surface area contributed by atoms with Crippen molar-refractivity contribution >= 4 is 16.2 Å². The number of nitrogens with zero attached hydrogens (tertiary/aromatic N) is 2. The molecule has 1 aliphatic heterocycles. The predicted octanol–water partition coefficient (Wildman–Crippen LogP) is 0.912. The minimum Gasteiger partial charge on any atom is -0.481 e. The second-order valence-electron chi connectivity index (χ2n) is 4.71. The van der Waals surface area contributed by atoms with Crippen molar-refractivity contribution in [2.45, 2.75) is 25.4 Å². The van der Waals surface area contributed by atoms with E-state index in [9.17, 15) is 26.4 Å². The summed E-state index contributed by atoms with van der Waals surface area (Å²) in [5.74, 6) is -2.84. The van der Waals surface area contributed by atoms with Crippen LogP contribution in [0.2, 0.25) is 0 Å². The number of piperidine rings is 1. The van der Waals surface area contributed by atoms with E-state index in [0.717, 1.165) is 15.7 Å². The number of hydrogen-bond donors (Lipinski definition) is 1. The molecule has 0 bridgehead atoms. The van der Waals surface area contributed by atoms with Crippen molar-refractivity contribution in [1.82, 2.24) is 8.61 Å². The van der Waals surface area contributed by atoms with Crippen LogP contribution in [-0.4, -0.2) is 61.0 Å². The highest BCUT2D eigenvalue weighted by Gasteiger charge is 2.44. The monoisotopic (exact) mass is 318 g/mol. The van der Waals surface area contributed by atoms with E-state index in [1.165, 1.54) is 0 Å². The fourth-order valence-electron chi connectivity index (χ4n) is 1.98. The first-order valence-electron chi connectivity index (χ1n) is 6.05. The Labute approximate surface area is 115 Å². The Morgan fingerprint density at radius 1 is 1.45 bits per heavy atom. The summed E-state index contributed by atoms with van der Waals surface area (Å²) in [6.07, 6.45) is -4.77. The summed E-state index contributed by atoms with van der Waals surface area (Å²) in [4.78, 5) is 10.4. The van der Waals surface area contributed by atoms with Crippen molar-refractivity contribution in [3.63, 3.8) is 0 Å². The molecule has 1 saturated heterocycles. The van der Waals surface area contributed by atoms with Crippen molar-refractivity contribution in [1.29, 1.82) is 0 Å². The molecule has 0 spiro atoms. The van der Waals surface area contributed by atoms with E-state index >= 15 is 0 Å². The van der Waals surface area contributed by atoms with Crippen LogP contribution in [-0.2, 0) is 15.0 Å². The standard InChI is InChI=1S/C10H17F3N2O4S/c1-14(6-4-9(16)17)20(18,19)15-5-2-3-8(7-15)10(11,12)13/h8H,2-7H2,1H3,(H,16,17). The lowest BCUT2D eigenvalue weighted by atomic mass is 9.99. The minimum atomic E-state index is -4.42. The molecule has 0 aromatic rings. The fourth-order valence-corrected chi connectivity index (χ4v) is 3.43. The smallest absolute Gasteiger partial charge is 0.393 e. The molecule has 0 amide bonds. The molecule has 1 heterocycles. The van der Waals surface area contributed by atoms with E-state index in [-0.39, 0.29) is 25.9 Å². The molecule has 1 fully saturated rings. The van der Waals surface area contributed by atoms with Gasteiger partial charge in [-0.15, -0.1) is 0 Å². The van der Waals surface area contributed by atoms with Crippen molar-refractivity contribution in [2.24, 2.45) is 5.92 Å². The van der Waals surface area contributed by atoms with Gasteiger partial charge >= 0.3 is 12.1 Å². The normalized spacial score (nSPS) is 22.1. The van der Waals surface area contributed by atoms with Crippen LogP contribution in [0, 0.1) is 5.92 Å². The number of halogens is 3. The van der Waals surface area contributed by atoms with Crippen molar-refractivity contribution in [3.05, 3.63) is 0 Å². The lowest BCUT2D eigenvalue weighted by molar-refractivity contribution is -0.182. The molecular weight excluding hydrogens is 301 g/mol. The van der Waals surface area contributed by atoms with Crippen LogP contribution >= 0.6 is 0 Å². The maximum Gasteiger partial charge on any atom is 0.393 e. The van der Waals surface area contributed by atoms with Crippen LogP contribution in [0.1, 0.15) is 19.3 Å². The zero-order chi connectivity index (χ0) is 15.6. The Kier molecular flexibility index (Phi) is 5.39. The fraction of sp³-hybridized carbons (Fsp3) is 0.900.